The maximum absolute atomic E-state index is 13.3. The average molecular weight is 285 g/mol. The predicted octanol–water partition coefficient (Wildman–Crippen LogP) is 3.17. The molecule has 0 fully saturated rings. The highest BCUT2D eigenvalue weighted by Crippen LogP contribution is 2.37. The highest BCUT2D eigenvalue weighted by Gasteiger charge is 2.44. The fraction of sp³-hybridized carbons (Fsp3) is 0.375. The van der Waals surface area contributed by atoms with Crippen LogP contribution in [-0.2, 0) is 15.5 Å². The van der Waals surface area contributed by atoms with Crippen molar-refractivity contribution in [2.75, 3.05) is 6.61 Å². The smallest absolute Gasteiger partial charge is 0.382 e. The number of rotatable bonds is 3. The molecule has 0 unspecified atom stereocenters. The van der Waals surface area contributed by atoms with Gasteiger partial charge in [-0.15, -0.1) is 11.3 Å². The summed E-state index contributed by atoms with van der Waals surface area (Å²) in [5.41, 5.74) is -0.346. The topological polar surface area (TPSA) is 26.3 Å². The fourth-order valence-corrected chi connectivity index (χ4v) is 2.20. The molecular weight excluding hydrogens is 278 g/mol. The number of hydrogen-bond donors (Lipinski definition) is 0. The number of ether oxygens (including phenoxy) is 1. The molecular formula is C8H7BrF2O2S. The minimum absolute atomic E-state index is 0.0593. The van der Waals surface area contributed by atoms with Crippen molar-refractivity contribution in [1.29, 1.82) is 0 Å². The van der Waals surface area contributed by atoms with Gasteiger partial charge in [0.2, 0.25) is 0 Å². The van der Waals surface area contributed by atoms with Crippen LogP contribution in [0.2, 0.25) is 0 Å². The summed E-state index contributed by atoms with van der Waals surface area (Å²) >= 11 is 4.05. The van der Waals surface area contributed by atoms with Crippen molar-refractivity contribution in [3.8, 4) is 0 Å². The number of carbonyl (C=O) groups is 1. The summed E-state index contributed by atoms with van der Waals surface area (Å²) in [4.78, 5) is 10.9. The van der Waals surface area contributed by atoms with Crippen molar-refractivity contribution in [3.05, 3.63) is 20.8 Å². The molecule has 0 aliphatic carbocycles. The third-order valence-corrected chi connectivity index (χ3v) is 3.17. The molecule has 0 saturated carbocycles. The zero-order valence-electron chi connectivity index (χ0n) is 7.22. The Bertz CT molecular complexity index is 338. The molecule has 0 atom stereocenters. The third kappa shape index (κ3) is 2.12. The Balaban J connectivity index is 2.95. The van der Waals surface area contributed by atoms with Crippen molar-refractivity contribution in [3.63, 3.8) is 0 Å². The summed E-state index contributed by atoms with van der Waals surface area (Å²) < 4.78 is 31.2. The highest BCUT2D eigenvalue weighted by atomic mass is 79.9. The van der Waals surface area contributed by atoms with Gasteiger partial charge in [-0.25, -0.2) is 4.79 Å². The second-order valence-electron chi connectivity index (χ2n) is 2.40. The molecule has 1 aromatic heterocycles. The molecule has 0 amide bonds. The highest BCUT2D eigenvalue weighted by molar-refractivity contribution is 9.11. The van der Waals surface area contributed by atoms with Gasteiger partial charge in [-0.1, -0.05) is 0 Å². The molecule has 1 rings (SSSR count). The van der Waals surface area contributed by atoms with Gasteiger partial charge < -0.3 is 4.74 Å². The second kappa shape index (κ2) is 4.35. The quantitative estimate of drug-likeness (QED) is 0.797. The standard InChI is InChI=1S/C8H7BrF2O2S/c1-2-13-7(12)8(10,11)5-3-4-14-6(5)9/h3-4H,2H2,1H3. The molecule has 1 aromatic rings. The molecule has 0 aromatic carbocycles. The van der Waals surface area contributed by atoms with E-state index in [4.69, 9.17) is 0 Å². The van der Waals surface area contributed by atoms with Crippen LogP contribution in [0.25, 0.3) is 0 Å². The Morgan fingerprint density at radius 3 is 2.79 bits per heavy atom. The first-order valence-electron chi connectivity index (χ1n) is 3.78. The number of esters is 1. The van der Waals surface area contributed by atoms with Crippen LogP contribution >= 0.6 is 27.3 Å². The summed E-state index contributed by atoms with van der Waals surface area (Å²) in [5, 5.41) is 1.48. The molecule has 0 aliphatic heterocycles. The van der Waals surface area contributed by atoms with E-state index in [0.717, 1.165) is 11.3 Å². The molecule has 0 aliphatic rings. The number of hydrogen-bond acceptors (Lipinski definition) is 3. The lowest BCUT2D eigenvalue weighted by Gasteiger charge is -2.13. The number of alkyl halides is 2. The molecule has 1 heterocycles. The summed E-state index contributed by atoms with van der Waals surface area (Å²) in [6, 6.07) is 1.20. The van der Waals surface area contributed by atoms with E-state index in [0.29, 0.717) is 0 Å². The van der Waals surface area contributed by atoms with Crippen LogP contribution in [0.4, 0.5) is 8.78 Å². The number of carbonyl (C=O) groups excluding carboxylic acids is 1. The van der Waals surface area contributed by atoms with Gasteiger partial charge in [0.05, 0.1) is 16.0 Å². The summed E-state index contributed by atoms with van der Waals surface area (Å²) in [5.74, 6) is -5.09. The van der Waals surface area contributed by atoms with Gasteiger partial charge in [0.25, 0.3) is 0 Å². The van der Waals surface area contributed by atoms with E-state index in [1.54, 1.807) is 0 Å². The number of halogens is 3. The van der Waals surface area contributed by atoms with E-state index in [2.05, 4.69) is 20.7 Å². The van der Waals surface area contributed by atoms with Gasteiger partial charge >= 0.3 is 11.9 Å². The average Bonchev–Trinajstić information content (AvgIpc) is 2.52. The maximum atomic E-state index is 13.3. The van der Waals surface area contributed by atoms with E-state index >= 15 is 0 Å². The second-order valence-corrected chi connectivity index (χ2v) is 4.64. The van der Waals surface area contributed by atoms with Crippen molar-refractivity contribution in [2.45, 2.75) is 12.8 Å². The molecule has 2 nitrogen and oxygen atoms in total. The predicted molar refractivity (Wildman–Crippen MR) is 52.5 cm³/mol. The monoisotopic (exact) mass is 284 g/mol. The first-order valence-corrected chi connectivity index (χ1v) is 5.46. The van der Waals surface area contributed by atoms with Crippen LogP contribution < -0.4 is 0 Å². The Morgan fingerprint density at radius 2 is 2.36 bits per heavy atom. The van der Waals surface area contributed by atoms with E-state index in [9.17, 15) is 13.6 Å². The van der Waals surface area contributed by atoms with Gasteiger partial charge in [0.15, 0.2) is 0 Å². The largest absolute Gasteiger partial charge is 0.461 e. The Labute approximate surface area is 92.0 Å². The molecule has 14 heavy (non-hydrogen) atoms. The summed E-state index contributed by atoms with van der Waals surface area (Å²) in [6.45, 7) is 1.42. The van der Waals surface area contributed by atoms with Crippen molar-refractivity contribution in [2.24, 2.45) is 0 Å². The van der Waals surface area contributed by atoms with Gasteiger partial charge in [-0.2, -0.15) is 8.78 Å². The minimum atomic E-state index is -3.57. The normalized spacial score (nSPS) is 11.4. The molecule has 0 bridgehead atoms. The molecule has 78 valence electrons. The molecule has 0 saturated heterocycles. The lowest BCUT2D eigenvalue weighted by molar-refractivity contribution is -0.173. The third-order valence-electron chi connectivity index (χ3n) is 1.49. The maximum Gasteiger partial charge on any atom is 0.382 e. The zero-order valence-corrected chi connectivity index (χ0v) is 9.62. The molecule has 0 radical (unpaired) electrons. The van der Waals surface area contributed by atoms with E-state index < -0.39 is 11.9 Å². The SMILES string of the molecule is CCOC(=O)C(F)(F)c1ccsc1Br. The van der Waals surface area contributed by atoms with Crippen LogP contribution in [0.15, 0.2) is 15.2 Å². The van der Waals surface area contributed by atoms with Crippen LogP contribution in [0.1, 0.15) is 12.5 Å². The van der Waals surface area contributed by atoms with Crippen LogP contribution in [0.5, 0.6) is 0 Å². The lowest BCUT2D eigenvalue weighted by Crippen LogP contribution is -2.28. The van der Waals surface area contributed by atoms with Crippen LogP contribution in [0.3, 0.4) is 0 Å². The fourth-order valence-electron chi connectivity index (χ4n) is 0.851. The van der Waals surface area contributed by atoms with Crippen molar-refractivity contribution >= 4 is 33.2 Å². The molecule has 0 spiro atoms. The van der Waals surface area contributed by atoms with E-state index in [-0.39, 0.29) is 16.0 Å². The molecule has 6 heteroatoms. The van der Waals surface area contributed by atoms with Crippen molar-refractivity contribution in [1.82, 2.24) is 0 Å². The zero-order chi connectivity index (χ0) is 10.8. The minimum Gasteiger partial charge on any atom is -0.461 e. The summed E-state index contributed by atoms with van der Waals surface area (Å²) in [6.07, 6.45) is 0. The Morgan fingerprint density at radius 1 is 1.71 bits per heavy atom. The van der Waals surface area contributed by atoms with Crippen molar-refractivity contribution < 1.29 is 18.3 Å². The molecule has 0 N–H and O–H groups in total. The Kier molecular flexibility index (Phi) is 3.60. The van der Waals surface area contributed by atoms with Crippen LogP contribution in [0, 0.1) is 0 Å². The van der Waals surface area contributed by atoms with E-state index in [1.165, 1.54) is 18.4 Å². The van der Waals surface area contributed by atoms with Gasteiger partial charge in [0.1, 0.15) is 0 Å². The van der Waals surface area contributed by atoms with Gasteiger partial charge in [-0.3, -0.25) is 0 Å². The van der Waals surface area contributed by atoms with Gasteiger partial charge in [-0.05, 0) is 34.3 Å². The lowest BCUT2D eigenvalue weighted by atomic mass is 10.2. The summed E-state index contributed by atoms with van der Waals surface area (Å²) in [7, 11) is 0. The Hall–Kier alpha value is -0.490. The number of thiophene rings is 1. The first-order chi connectivity index (χ1) is 6.50. The van der Waals surface area contributed by atoms with Gasteiger partial charge in [0, 0.05) is 0 Å². The van der Waals surface area contributed by atoms with Crippen LogP contribution in [-0.4, -0.2) is 12.6 Å². The van der Waals surface area contributed by atoms with E-state index in [1.807, 2.05) is 0 Å². The first kappa shape index (κ1) is 11.6.